The second kappa shape index (κ2) is 4.29. The van der Waals surface area contributed by atoms with Crippen LogP contribution in [0.4, 0.5) is 0 Å². The second-order valence-electron chi connectivity index (χ2n) is 7.33. The van der Waals surface area contributed by atoms with Crippen LogP contribution in [-0.4, -0.2) is 9.97 Å². The van der Waals surface area contributed by atoms with Crippen molar-refractivity contribution in [3.8, 4) is 0 Å². The molecular weight excluding hydrogens is 232 g/mol. The number of para-hydroxylation sites is 1. The number of benzene rings is 1. The van der Waals surface area contributed by atoms with Gasteiger partial charge in [0.25, 0.3) is 0 Å². The molecule has 0 saturated carbocycles. The molecule has 102 valence electrons. The molecule has 0 N–H and O–H groups in total. The number of hydrogen-bond acceptors (Lipinski definition) is 2. The minimum absolute atomic E-state index is 0.0241. The molecule has 0 amide bonds. The fourth-order valence-corrected chi connectivity index (χ4v) is 2.48. The zero-order valence-electron chi connectivity index (χ0n) is 13.1. The van der Waals surface area contributed by atoms with Crippen molar-refractivity contribution in [2.45, 2.75) is 59.3 Å². The third kappa shape index (κ3) is 2.63. The average molecular weight is 256 g/mol. The third-order valence-electron chi connectivity index (χ3n) is 3.39. The first kappa shape index (κ1) is 14.0. The lowest BCUT2D eigenvalue weighted by molar-refractivity contribution is 0.559. The molecule has 1 aromatic carbocycles. The lowest BCUT2D eigenvalue weighted by Crippen LogP contribution is -2.19. The SMILES string of the molecule is Cc1nc2cccc(C(C)(C)C)c2nc1C(C)(C)C. The predicted molar refractivity (Wildman–Crippen MR) is 81.7 cm³/mol. The van der Waals surface area contributed by atoms with Crippen LogP contribution < -0.4 is 0 Å². The average Bonchev–Trinajstić information content (AvgIpc) is 2.24. The summed E-state index contributed by atoms with van der Waals surface area (Å²) in [6.45, 7) is 15.3. The number of hydrogen-bond donors (Lipinski definition) is 0. The third-order valence-corrected chi connectivity index (χ3v) is 3.39. The van der Waals surface area contributed by atoms with Crippen molar-refractivity contribution < 1.29 is 0 Å². The van der Waals surface area contributed by atoms with E-state index in [1.165, 1.54) is 5.56 Å². The summed E-state index contributed by atoms with van der Waals surface area (Å²) in [6, 6.07) is 6.30. The van der Waals surface area contributed by atoms with Crippen molar-refractivity contribution in [3.63, 3.8) is 0 Å². The standard InChI is InChI=1S/C17H24N2/c1-11-15(17(5,6)7)19-14-12(16(2,3)4)9-8-10-13(14)18-11/h8-10H,1-7H3. The van der Waals surface area contributed by atoms with Crippen molar-refractivity contribution in [1.82, 2.24) is 9.97 Å². The second-order valence-corrected chi connectivity index (χ2v) is 7.33. The fraction of sp³-hybridized carbons (Fsp3) is 0.529. The Morgan fingerprint density at radius 3 is 2.00 bits per heavy atom. The van der Waals surface area contributed by atoms with Gasteiger partial charge in [0.2, 0.25) is 0 Å². The normalized spacial score (nSPS) is 13.0. The van der Waals surface area contributed by atoms with Gasteiger partial charge in [0.1, 0.15) is 0 Å². The molecule has 1 aromatic heterocycles. The van der Waals surface area contributed by atoms with Gasteiger partial charge in [0.05, 0.1) is 22.4 Å². The highest BCUT2D eigenvalue weighted by molar-refractivity contribution is 5.79. The number of fused-ring (bicyclic) bond motifs is 1. The summed E-state index contributed by atoms with van der Waals surface area (Å²) in [5, 5.41) is 0. The molecule has 0 saturated heterocycles. The Morgan fingerprint density at radius 1 is 0.842 bits per heavy atom. The smallest absolute Gasteiger partial charge is 0.0927 e. The molecule has 19 heavy (non-hydrogen) atoms. The van der Waals surface area contributed by atoms with E-state index in [2.05, 4.69) is 66.7 Å². The molecule has 1 heterocycles. The molecule has 2 heteroatoms. The Morgan fingerprint density at radius 2 is 1.47 bits per heavy atom. The van der Waals surface area contributed by atoms with Gasteiger partial charge in [-0.25, -0.2) is 9.97 Å². The van der Waals surface area contributed by atoms with Crippen LogP contribution >= 0.6 is 0 Å². The highest BCUT2D eigenvalue weighted by atomic mass is 14.8. The van der Waals surface area contributed by atoms with E-state index in [1.54, 1.807) is 0 Å². The van der Waals surface area contributed by atoms with E-state index in [4.69, 9.17) is 9.97 Å². The van der Waals surface area contributed by atoms with E-state index in [-0.39, 0.29) is 10.8 Å². The van der Waals surface area contributed by atoms with Crippen molar-refractivity contribution in [2.24, 2.45) is 0 Å². The van der Waals surface area contributed by atoms with Crippen molar-refractivity contribution in [3.05, 3.63) is 35.2 Å². The molecule has 0 radical (unpaired) electrons. The largest absolute Gasteiger partial charge is 0.250 e. The van der Waals surface area contributed by atoms with E-state index in [9.17, 15) is 0 Å². The van der Waals surface area contributed by atoms with Gasteiger partial charge in [-0.05, 0) is 24.0 Å². The summed E-state index contributed by atoms with van der Waals surface area (Å²) in [5.41, 5.74) is 5.55. The lowest BCUT2D eigenvalue weighted by atomic mass is 9.85. The molecule has 2 aromatic rings. The zero-order chi connectivity index (χ0) is 14.4. The molecule has 0 spiro atoms. The molecule has 2 rings (SSSR count). The van der Waals surface area contributed by atoms with Gasteiger partial charge in [0.15, 0.2) is 0 Å². The first-order valence-electron chi connectivity index (χ1n) is 6.89. The predicted octanol–water partition coefficient (Wildman–Crippen LogP) is 4.53. The van der Waals surface area contributed by atoms with Gasteiger partial charge < -0.3 is 0 Å². The molecule has 2 nitrogen and oxygen atoms in total. The minimum Gasteiger partial charge on any atom is -0.250 e. The quantitative estimate of drug-likeness (QED) is 0.692. The van der Waals surface area contributed by atoms with Gasteiger partial charge in [-0.2, -0.15) is 0 Å². The van der Waals surface area contributed by atoms with Crippen LogP contribution in [-0.2, 0) is 10.8 Å². The van der Waals surface area contributed by atoms with E-state index in [1.807, 2.05) is 0 Å². The van der Waals surface area contributed by atoms with E-state index in [0.29, 0.717) is 0 Å². The first-order chi connectivity index (χ1) is 8.60. The maximum atomic E-state index is 4.95. The minimum atomic E-state index is 0.0241. The van der Waals surface area contributed by atoms with Crippen LogP contribution in [0.2, 0.25) is 0 Å². The van der Waals surface area contributed by atoms with Gasteiger partial charge in [0, 0.05) is 5.41 Å². The highest BCUT2D eigenvalue weighted by Crippen LogP contribution is 2.31. The number of nitrogens with zero attached hydrogens (tertiary/aromatic N) is 2. The van der Waals surface area contributed by atoms with E-state index in [0.717, 1.165) is 22.4 Å². The number of aryl methyl sites for hydroxylation is 1. The summed E-state index contributed by atoms with van der Waals surface area (Å²) < 4.78 is 0. The molecule has 0 atom stereocenters. The zero-order valence-corrected chi connectivity index (χ0v) is 13.1. The maximum Gasteiger partial charge on any atom is 0.0927 e. The van der Waals surface area contributed by atoms with Gasteiger partial charge in [-0.1, -0.05) is 53.7 Å². The van der Waals surface area contributed by atoms with E-state index >= 15 is 0 Å². The summed E-state index contributed by atoms with van der Waals surface area (Å²) in [4.78, 5) is 9.70. The van der Waals surface area contributed by atoms with Crippen LogP contribution in [0.3, 0.4) is 0 Å². The number of aromatic nitrogens is 2. The maximum absolute atomic E-state index is 4.95. The Kier molecular flexibility index (Phi) is 3.16. The van der Waals surface area contributed by atoms with Crippen LogP contribution in [0.25, 0.3) is 11.0 Å². The van der Waals surface area contributed by atoms with Crippen LogP contribution in [0.1, 0.15) is 58.5 Å². The van der Waals surface area contributed by atoms with Crippen LogP contribution in [0.5, 0.6) is 0 Å². The highest BCUT2D eigenvalue weighted by Gasteiger charge is 2.23. The molecule has 0 bridgehead atoms. The van der Waals surface area contributed by atoms with Gasteiger partial charge in [-0.3, -0.25) is 0 Å². The molecule has 0 fully saturated rings. The van der Waals surface area contributed by atoms with Gasteiger partial charge >= 0.3 is 0 Å². The number of rotatable bonds is 0. The molecule has 0 aliphatic rings. The Bertz CT molecular complexity index is 613. The lowest BCUT2D eigenvalue weighted by Gasteiger charge is -2.24. The Balaban J connectivity index is 2.83. The summed E-state index contributed by atoms with van der Waals surface area (Å²) in [5.74, 6) is 0. The fourth-order valence-electron chi connectivity index (χ4n) is 2.48. The van der Waals surface area contributed by atoms with Crippen molar-refractivity contribution in [1.29, 1.82) is 0 Å². The molecule has 0 aliphatic heterocycles. The van der Waals surface area contributed by atoms with Gasteiger partial charge in [-0.15, -0.1) is 0 Å². The Labute approximate surface area is 116 Å². The molecule has 0 aliphatic carbocycles. The molecule has 0 unspecified atom stereocenters. The summed E-state index contributed by atoms with van der Waals surface area (Å²) in [7, 11) is 0. The van der Waals surface area contributed by atoms with Crippen LogP contribution in [0.15, 0.2) is 18.2 Å². The van der Waals surface area contributed by atoms with Crippen molar-refractivity contribution >= 4 is 11.0 Å². The van der Waals surface area contributed by atoms with Crippen molar-refractivity contribution in [2.75, 3.05) is 0 Å². The monoisotopic (exact) mass is 256 g/mol. The topological polar surface area (TPSA) is 25.8 Å². The first-order valence-corrected chi connectivity index (χ1v) is 6.89. The summed E-state index contributed by atoms with van der Waals surface area (Å²) in [6.07, 6.45) is 0. The summed E-state index contributed by atoms with van der Waals surface area (Å²) >= 11 is 0. The van der Waals surface area contributed by atoms with Crippen LogP contribution in [0, 0.1) is 6.92 Å². The Hall–Kier alpha value is -1.44. The van der Waals surface area contributed by atoms with E-state index < -0.39 is 0 Å². The molecular formula is C17H24N2.